The number of carboxylic acid groups (broad SMARTS) is 1. The molecule has 0 radical (unpaired) electrons. The van der Waals surface area contributed by atoms with E-state index in [0.29, 0.717) is 0 Å². The van der Waals surface area contributed by atoms with Crippen molar-refractivity contribution in [3.8, 4) is 0 Å². The van der Waals surface area contributed by atoms with Gasteiger partial charge in [0.1, 0.15) is 0 Å². The van der Waals surface area contributed by atoms with Crippen LogP contribution in [0.4, 0.5) is 0 Å². The summed E-state index contributed by atoms with van der Waals surface area (Å²) in [6.07, 6.45) is 20.3. The fourth-order valence-corrected chi connectivity index (χ4v) is 3.90. The monoisotopic (exact) mass is 389 g/mol. The average molecular weight is 390 g/mol. The molecule has 0 aromatic heterocycles. The van der Waals surface area contributed by atoms with Gasteiger partial charge in [-0.05, 0) is 32.4 Å². The second-order valence-corrected chi connectivity index (χ2v) is 8.30. The van der Waals surface area contributed by atoms with Gasteiger partial charge in [0, 0.05) is 18.4 Å². The maximum atomic E-state index is 11.3. The number of hydrogen-bond donors (Lipinski definition) is 0. The molecule has 0 fully saturated rings. The van der Waals surface area contributed by atoms with E-state index in [2.05, 4.69) is 25.7 Å². The van der Waals surface area contributed by atoms with Crippen LogP contribution in [0, 0.1) is 0 Å². The first-order valence-electron chi connectivity index (χ1n) is 12.1. The Morgan fingerprint density at radius 3 is 1.50 bits per heavy atom. The molecule has 0 N–H and O–H groups in total. The van der Waals surface area contributed by atoms with Crippen molar-refractivity contribution in [2.75, 3.05) is 13.1 Å². The molecule has 0 aliphatic carbocycles. The maximum Gasteiger partial charge on any atom is 1.00 e. The van der Waals surface area contributed by atoms with E-state index >= 15 is 0 Å². The van der Waals surface area contributed by atoms with Crippen LogP contribution in [0.15, 0.2) is 0 Å². The van der Waals surface area contributed by atoms with Gasteiger partial charge in [0.25, 0.3) is 0 Å². The van der Waals surface area contributed by atoms with Crippen molar-refractivity contribution >= 4 is 5.97 Å². The van der Waals surface area contributed by atoms with Crippen molar-refractivity contribution < 1.29 is 28.8 Å². The van der Waals surface area contributed by atoms with Crippen LogP contribution in [0.1, 0.15) is 130 Å². The molecule has 0 aromatic carbocycles. The fourth-order valence-electron chi connectivity index (χ4n) is 3.90. The number of hydrogen-bond acceptors (Lipinski definition) is 3. The van der Waals surface area contributed by atoms with Gasteiger partial charge in [0.15, 0.2) is 0 Å². The quantitative estimate of drug-likeness (QED) is 0.224. The molecule has 0 amide bonds. The van der Waals surface area contributed by atoms with E-state index in [1.165, 1.54) is 89.9 Å². The molecule has 0 saturated heterocycles. The average Bonchev–Trinajstić information content (AvgIpc) is 2.64. The predicted molar refractivity (Wildman–Crippen MR) is 116 cm³/mol. The van der Waals surface area contributed by atoms with Crippen LogP contribution < -0.4 is 24.0 Å². The SMILES string of the molecule is CCCCCCCCN(CCCCCCCC)C(CCCCC)CC(=O)[O-].[Li+]. The van der Waals surface area contributed by atoms with Gasteiger partial charge in [-0.15, -0.1) is 0 Å². The van der Waals surface area contributed by atoms with Gasteiger partial charge in [-0.1, -0.05) is 104 Å². The van der Waals surface area contributed by atoms with Crippen LogP contribution in [0.5, 0.6) is 0 Å². The van der Waals surface area contributed by atoms with E-state index in [1.54, 1.807) is 0 Å². The Labute approximate surface area is 188 Å². The number of carbonyl (C=O) groups is 1. The molecular weight excluding hydrogens is 341 g/mol. The number of rotatable bonds is 21. The Morgan fingerprint density at radius 1 is 0.679 bits per heavy atom. The molecule has 0 aliphatic rings. The van der Waals surface area contributed by atoms with Gasteiger partial charge in [-0.2, -0.15) is 0 Å². The van der Waals surface area contributed by atoms with Crippen LogP contribution >= 0.6 is 0 Å². The Kier molecular flexibility index (Phi) is 25.2. The van der Waals surface area contributed by atoms with Crippen molar-refractivity contribution in [3.63, 3.8) is 0 Å². The molecule has 0 heterocycles. The minimum atomic E-state index is -0.882. The standard InChI is InChI=1S/C24H49NO2.Li/c1-4-7-10-12-14-17-20-25(21-18-15-13-11-8-5-2)23(22-24(26)27)19-16-9-6-3;/h23H,4-22H2,1-3H3,(H,26,27);/q;+1/p-1. The van der Waals surface area contributed by atoms with E-state index in [1.807, 2.05) is 0 Å². The Morgan fingerprint density at radius 2 is 1.07 bits per heavy atom. The third-order valence-corrected chi connectivity index (χ3v) is 5.66. The Bertz CT molecular complexity index is 310. The van der Waals surface area contributed by atoms with Gasteiger partial charge in [0.2, 0.25) is 0 Å². The fraction of sp³-hybridized carbons (Fsp3) is 0.958. The van der Waals surface area contributed by atoms with Crippen LogP contribution in [-0.4, -0.2) is 30.0 Å². The van der Waals surface area contributed by atoms with Gasteiger partial charge in [0.05, 0.1) is 0 Å². The van der Waals surface area contributed by atoms with Crippen molar-refractivity contribution in [1.29, 1.82) is 0 Å². The Hall–Kier alpha value is 0.0274. The second kappa shape index (κ2) is 23.3. The molecule has 0 aliphatic heterocycles. The summed E-state index contributed by atoms with van der Waals surface area (Å²) in [4.78, 5) is 13.8. The first-order chi connectivity index (χ1) is 13.2. The summed E-state index contributed by atoms with van der Waals surface area (Å²) in [5.74, 6) is -0.882. The summed E-state index contributed by atoms with van der Waals surface area (Å²) >= 11 is 0. The van der Waals surface area contributed by atoms with Gasteiger partial charge >= 0.3 is 18.9 Å². The molecule has 0 rings (SSSR count). The largest absolute Gasteiger partial charge is 1.00 e. The first-order valence-corrected chi connectivity index (χ1v) is 12.1. The first kappa shape index (κ1) is 30.2. The molecule has 162 valence electrons. The third kappa shape index (κ3) is 19.3. The van der Waals surface area contributed by atoms with E-state index < -0.39 is 5.97 Å². The smallest absolute Gasteiger partial charge is 0.550 e. The minimum Gasteiger partial charge on any atom is -0.550 e. The zero-order chi connectivity index (χ0) is 20.2. The summed E-state index contributed by atoms with van der Waals surface area (Å²) in [5, 5.41) is 11.3. The molecule has 4 heteroatoms. The summed E-state index contributed by atoms with van der Waals surface area (Å²) in [5.41, 5.74) is 0. The molecule has 0 spiro atoms. The van der Waals surface area contributed by atoms with Crippen molar-refractivity contribution in [3.05, 3.63) is 0 Å². The van der Waals surface area contributed by atoms with Gasteiger partial charge < -0.3 is 14.8 Å². The molecule has 0 aromatic rings. The van der Waals surface area contributed by atoms with Crippen LogP contribution in [0.3, 0.4) is 0 Å². The second-order valence-electron chi connectivity index (χ2n) is 8.30. The summed E-state index contributed by atoms with van der Waals surface area (Å²) in [7, 11) is 0. The normalized spacial score (nSPS) is 12.1. The number of aliphatic carboxylic acids is 1. The zero-order valence-electron chi connectivity index (χ0n) is 19.8. The third-order valence-electron chi connectivity index (χ3n) is 5.66. The van der Waals surface area contributed by atoms with E-state index in [-0.39, 0.29) is 31.3 Å². The number of carboxylic acids is 1. The molecule has 3 nitrogen and oxygen atoms in total. The van der Waals surface area contributed by atoms with E-state index in [9.17, 15) is 9.90 Å². The van der Waals surface area contributed by atoms with Crippen molar-refractivity contribution in [2.24, 2.45) is 0 Å². The molecule has 1 atom stereocenters. The zero-order valence-corrected chi connectivity index (χ0v) is 19.8. The molecular formula is C24H48LiNO2. The molecule has 0 bridgehead atoms. The van der Waals surface area contributed by atoms with Crippen LogP contribution in [-0.2, 0) is 4.79 Å². The predicted octanol–water partition coefficient (Wildman–Crippen LogP) is 3.10. The number of carbonyl (C=O) groups excluding carboxylic acids is 1. The van der Waals surface area contributed by atoms with Crippen molar-refractivity contribution in [2.45, 2.75) is 136 Å². The van der Waals surface area contributed by atoms with E-state index in [0.717, 1.165) is 25.9 Å². The minimum absolute atomic E-state index is 0. The number of nitrogens with zero attached hydrogens (tertiary/aromatic N) is 1. The number of unbranched alkanes of at least 4 members (excludes halogenated alkanes) is 12. The van der Waals surface area contributed by atoms with Crippen LogP contribution in [0.25, 0.3) is 0 Å². The molecule has 1 unspecified atom stereocenters. The van der Waals surface area contributed by atoms with Crippen molar-refractivity contribution in [1.82, 2.24) is 4.90 Å². The maximum absolute atomic E-state index is 11.3. The summed E-state index contributed by atoms with van der Waals surface area (Å²) in [6, 6.07) is 0.174. The van der Waals surface area contributed by atoms with Gasteiger partial charge in [-0.3, -0.25) is 0 Å². The van der Waals surface area contributed by atoms with E-state index in [4.69, 9.17) is 0 Å². The Balaban J connectivity index is 0. The van der Waals surface area contributed by atoms with Crippen LogP contribution in [0.2, 0.25) is 0 Å². The topological polar surface area (TPSA) is 43.4 Å². The molecule has 28 heavy (non-hydrogen) atoms. The summed E-state index contributed by atoms with van der Waals surface area (Å²) in [6.45, 7) is 8.83. The summed E-state index contributed by atoms with van der Waals surface area (Å²) < 4.78 is 0. The molecule has 0 saturated carbocycles. The van der Waals surface area contributed by atoms with Gasteiger partial charge in [-0.25, -0.2) is 0 Å².